The Morgan fingerprint density at radius 2 is 1.74 bits per heavy atom. The summed E-state index contributed by atoms with van der Waals surface area (Å²) in [6.07, 6.45) is 4.39. The topological polar surface area (TPSA) is 107 Å². The van der Waals surface area contributed by atoms with E-state index in [1.807, 2.05) is 33.8 Å². The number of sulfonamides is 1. The Bertz CT molecular complexity index is 1580. The molecule has 0 spiro atoms. The number of anilines is 1. The highest BCUT2D eigenvalue weighted by Crippen LogP contribution is 2.48. The van der Waals surface area contributed by atoms with E-state index >= 15 is 0 Å². The Morgan fingerprint density at radius 3 is 2.33 bits per heavy atom. The highest BCUT2D eigenvalue weighted by atomic mass is 32.2. The van der Waals surface area contributed by atoms with E-state index in [9.17, 15) is 17.6 Å². The van der Waals surface area contributed by atoms with Gasteiger partial charge in [-0.1, -0.05) is 0 Å². The summed E-state index contributed by atoms with van der Waals surface area (Å²) in [5.74, 6) is -0.282. The third kappa shape index (κ3) is 6.62. The zero-order chi connectivity index (χ0) is 31.2. The molecule has 1 N–H and O–H groups in total. The number of benzene rings is 2. The highest BCUT2D eigenvalue weighted by molar-refractivity contribution is 7.92. The van der Waals surface area contributed by atoms with Crippen LogP contribution in [-0.4, -0.2) is 65.7 Å². The number of hydrogen-bond acceptors (Lipinski definition) is 7. The van der Waals surface area contributed by atoms with Gasteiger partial charge in [-0.25, -0.2) is 12.8 Å². The number of hydrogen-bond donors (Lipinski definition) is 1. The predicted molar refractivity (Wildman–Crippen MR) is 165 cm³/mol. The van der Waals surface area contributed by atoms with Crippen LogP contribution >= 0.6 is 0 Å². The Hall–Kier alpha value is -2.93. The second kappa shape index (κ2) is 11.9. The van der Waals surface area contributed by atoms with Crippen LogP contribution in [0.4, 0.5) is 10.1 Å². The second-order valence-corrected chi connectivity index (χ2v) is 14.3. The molecule has 0 radical (unpaired) electrons. The predicted octanol–water partition coefficient (Wildman–Crippen LogP) is 5.74. The maximum absolute atomic E-state index is 13.6. The molecule has 1 aromatic heterocycles. The van der Waals surface area contributed by atoms with E-state index in [2.05, 4.69) is 5.32 Å². The number of carbonyl (C=O) groups is 1. The van der Waals surface area contributed by atoms with Crippen LogP contribution in [0.1, 0.15) is 68.8 Å². The van der Waals surface area contributed by atoms with Gasteiger partial charge in [0.05, 0.1) is 41.9 Å². The number of nitrogens with one attached hydrogen (secondary N) is 1. The monoisotopic (exact) mass is 614 g/mol. The summed E-state index contributed by atoms with van der Waals surface area (Å²) in [4.78, 5) is 13.0. The second-order valence-electron chi connectivity index (χ2n) is 12.3. The van der Waals surface area contributed by atoms with Gasteiger partial charge in [0.2, 0.25) is 10.0 Å². The zero-order valence-electron chi connectivity index (χ0n) is 25.7. The Labute approximate surface area is 253 Å². The van der Waals surface area contributed by atoms with E-state index in [1.54, 1.807) is 18.2 Å². The van der Waals surface area contributed by atoms with Crippen LogP contribution < -0.4 is 9.62 Å². The largest absolute Gasteiger partial charge is 0.457 e. The standard InChI is InChI=1S/C31H40BFN2O7S/c1-30(2)31(3,4)42-32(41-30)14-7-16-39-17-15-35(43(6,37)38)25-19-26-24(18-23(25)20-8-9-20)27(29(36)34-5)28(40-26)21-10-12-22(33)13-11-21/h10-13,18-20H,7-9,14-17H2,1-6H3,(H,34,36). The molecule has 0 unspecified atom stereocenters. The smallest absolute Gasteiger partial charge is 0.455 e. The summed E-state index contributed by atoms with van der Waals surface area (Å²) < 4.78 is 65.2. The summed E-state index contributed by atoms with van der Waals surface area (Å²) in [6.45, 7) is 8.81. The van der Waals surface area contributed by atoms with E-state index < -0.39 is 15.8 Å². The van der Waals surface area contributed by atoms with Crippen LogP contribution in [0.15, 0.2) is 40.8 Å². The van der Waals surface area contributed by atoms with Crippen molar-refractivity contribution in [2.75, 3.05) is 37.4 Å². The van der Waals surface area contributed by atoms with Crippen LogP contribution in [0, 0.1) is 5.82 Å². The average Bonchev–Trinajstić information content (AvgIpc) is 3.66. The van der Waals surface area contributed by atoms with Crippen LogP contribution in [0.5, 0.6) is 0 Å². The van der Waals surface area contributed by atoms with Crippen LogP contribution in [0.2, 0.25) is 6.32 Å². The first-order valence-electron chi connectivity index (χ1n) is 14.7. The summed E-state index contributed by atoms with van der Waals surface area (Å²) in [6, 6.07) is 9.27. The van der Waals surface area contributed by atoms with Gasteiger partial charge in [0.25, 0.3) is 5.91 Å². The molecule has 2 aromatic carbocycles. The molecule has 1 amide bonds. The first kappa shape index (κ1) is 31.5. The first-order chi connectivity index (χ1) is 20.2. The summed E-state index contributed by atoms with van der Waals surface area (Å²) in [5.41, 5.74) is 1.83. The molecule has 3 aromatic rings. The van der Waals surface area contributed by atoms with Crippen molar-refractivity contribution in [1.29, 1.82) is 0 Å². The van der Waals surface area contributed by atoms with E-state index in [4.69, 9.17) is 18.5 Å². The fraction of sp³-hybridized carbons (Fsp3) is 0.516. The molecule has 0 atom stereocenters. The lowest BCUT2D eigenvalue weighted by atomic mass is 9.83. The van der Waals surface area contributed by atoms with Gasteiger partial charge in [-0.2, -0.15) is 0 Å². The van der Waals surface area contributed by atoms with Crippen molar-refractivity contribution in [3.05, 3.63) is 53.3 Å². The van der Waals surface area contributed by atoms with Gasteiger partial charge in [-0.05, 0) is 95.1 Å². The highest BCUT2D eigenvalue weighted by Gasteiger charge is 2.50. The number of nitrogens with zero attached hydrogens (tertiary/aromatic N) is 1. The minimum atomic E-state index is -3.68. The quantitative estimate of drug-likeness (QED) is 0.205. The van der Waals surface area contributed by atoms with E-state index in [-0.39, 0.29) is 43.3 Å². The van der Waals surface area contributed by atoms with Gasteiger partial charge in [0.15, 0.2) is 0 Å². The Morgan fingerprint density at radius 1 is 1.09 bits per heavy atom. The fourth-order valence-electron chi connectivity index (χ4n) is 5.39. The van der Waals surface area contributed by atoms with Crippen molar-refractivity contribution in [2.24, 2.45) is 0 Å². The Balaban J connectivity index is 1.36. The van der Waals surface area contributed by atoms with Gasteiger partial charge in [0, 0.05) is 30.7 Å². The summed E-state index contributed by atoms with van der Waals surface area (Å²) in [5, 5.41) is 3.25. The molecule has 43 heavy (non-hydrogen) atoms. The molecule has 9 nitrogen and oxygen atoms in total. The summed E-state index contributed by atoms with van der Waals surface area (Å²) >= 11 is 0. The van der Waals surface area contributed by atoms with E-state index in [0.717, 1.165) is 18.4 Å². The fourth-order valence-corrected chi connectivity index (χ4v) is 6.31. The van der Waals surface area contributed by atoms with Crippen molar-refractivity contribution < 1.29 is 36.1 Å². The molecule has 2 heterocycles. The van der Waals surface area contributed by atoms with Crippen molar-refractivity contribution in [3.63, 3.8) is 0 Å². The number of furan rings is 1. The number of amides is 1. The van der Waals surface area contributed by atoms with Crippen LogP contribution in [-0.2, 0) is 24.1 Å². The van der Waals surface area contributed by atoms with Gasteiger partial charge in [-0.15, -0.1) is 0 Å². The third-order valence-electron chi connectivity index (χ3n) is 8.55. The SMILES string of the molecule is CNC(=O)c1c(-c2ccc(F)cc2)oc2cc(N(CCOCCCB3OC(C)(C)C(C)(C)O3)S(C)(=O)=O)c(C3CC3)cc12. The van der Waals surface area contributed by atoms with Crippen molar-refractivity contribution >= 4 is 39.7 Å². The maximum Gasteiger partial charge on any atom is 0.457 e. The van der Waals surface area contributed by atoms with Crippen LogP contribution in [0.25, 0.3) is 22.3 Å². The molecular weight excluding hydrogens is 574 g/mol. The van der Waals surface area contributed by atoms with Crippen molar-refractivity contribution in [3.8, 4) is 11.3 Å². The summed E-state index contributed by atoms with van der Waals surface area (Å²) in [7, 11) is -2.45. The molecule has 12 heteroatoms. The lowest BCUT2D eigenvalue weighted by molar-refractivity contribution is 0.00578. The molecule has 0 bridgehead atoms. The van der Waals surface area contributed by atoms with Gasteiger partial charge >= 0.3 is 7.12 Å². The first-order valence-corrected chi connectivity index (χ1v) is 16.6. The molecule has 1 aliphatic heterocycles. The normalized spacial score (nSPS) is 17.9. The average molecular weight is 615 g/mol. The maximum atomic E-state index is 13.6. The van der Waals surface area contributed by atoms with Gasteiger partial charge in [-0.3, -0.25) is 9.10 Å². The molecule has 232 valence electrons. The molecule has 1 aliphatic carbocycles. The lowest BCUT2D eigenvalue weighted by Crippen LogP contribution is -2.41. The molecule has 5 rings (SSSR count). The van der Waals surface area contributed by atoms with Gasteiger partial charge < -0.3 is 23.8 Å². The molecular formula is C31H40BFN2O7S. The van der Waals surface area contributed by atoms with Gasteiger partial charge in [0.1, 0.15) is 17.2 Å². The van der Waals surface area contributed by atoms with Crippen molar-refractivity contribution in [1.82, 2.24) is 5.32 Å². The molecule has 2 fully saturated rings. The van der Waals surface area contributed by atoms with Crippen molar-refractivity contribution in [2.45, 2.75) is 70.4 Å². The zero-order valence-corrected chi connectivity index (χ0v) is 26.5. The number of halogens is 1. The van der Waals surface area contributed by atoms with E-state index in [0.29, 0.717) is 52.9 Å². The lowest BCUT2D eigenvalue weighted by Gasteiger charge is -2.32. The molecule has 1 saturated heterocycles. The molecule has 2 aliphatic rings. The minimum Gasteiger partial charge on any atom is -0.455 e. The number of fused-ring (bicyclic) bond motifs is 1. The number of rotatable bonds is 12. The Kier molecular flexibility index (Phi) is 8.70. The third-order valence-corrected chi connectivity index (χ3v) is 9.73. The number of carbonyl (C=O) groups excluding carboxylic acids is 1. The van der Waals surface area contributed by atoms with Crippen LogP contribution in [0.3, 0.4) is 0 Å². The molecule has 1 saturated carbocycles. The minimum absolute atomic E-state index is 0.119. The number of ether oxygens (including phenoxy) is 1. The van der Waals surface area contributed by atoms with E-state index in [1.165, 1.54) is 29.7 Å².